The van der Waals surface area contributed by atoms with Gasteiger partial charge in [-0.3, -0.25) is 14.5 Å². The highest BCUT2D eigenvalue weighted by molar-refractivity contribution is 7.80. The maximum Gasteiger partial charge on any atom is 0.337 e. The van der Waals surface area contributed by atoms with Crippen LogP contribution in [0.25, 0.3) is 0 Å². The summed E-state index contributed by atoms with van der Waals surface area (Å²) in [6, 6.07) is 15.9. The van der Waals surface area contributed by atoms with Gasteiger partial charge in [0.15, 0.2) is 5.11 Å². The molecule has 2 amide bonds. The van der Waals surface area contributed by atoms with Crippen LogP contribution in [-0.2, 0) is 20.7 Å². The van der Waals surface area contributed by atoms with Gasteiger partial charge in [0.2, 0.25) is 5.91 Å². The van der Waals surface area contributed by atoms with Crippen LogP contribution < -0.4 is 5.32 Å². The summed E-state index contributed by atoms with van der Waals surface area (Å²) in [4.78, 5) is 40.6. The third kappa shape index (κ3) is 5.50. The molecule has 1 heterocycles. The maximum atomic E-state index is 12.9. The van der Waals surface area contributed by atoms with Crippen molar-refractivity contribution < 1.29 is 19.1 Å². The fourth-order valence-corrected chi connectivity index (χ4v) is 4.17. The highest BCUT2D eigenvalue weighted by Gasteiger charge is 2.42. The van der Waals surface area contributed by atoms with Gasteiger partial charge in [-0.2, -0.15) is 0 Å². The largest absolute Gasteiger partial charge is 0.465 e. The SMILES string of the molecule is CCN1C(=O)C(CC(=O)Nc2ccc(C(=O)OC)cc2)N(CCCc2ccccc2)C1=S. The predicted octanol–water partition coefficient (Wildman–Crippen LogP) is 3.25. The summed E-state index contributed by atoms with van der Waals surface area (Å²) in [6.07, 6.45) is 1.69. The monoisotopic (exact) mass is 453 g/mol. The van der Waals surface area contributed by atoms with E-state index in [0.717, 1.165) is 12.8 Å². The molecular formula is C24H27N3O4S. The van der Waals surface area contributed by atoms with Gasteiger partial charge in [-0.25, -0.2) is 4.79 Å². The molecule has 1 aliphatic rings. The number of hydrogen-bond acceptors (Lipinski definition) is 5. The zero-order chi connectivity index (χ0) is 23.1. The molecule has 2 aromatic carbocycles. The number of carbonyl (C=O) groups is 3. The number of benzene rings is 2. The molecule has 2 aromatic rings. The van der Waals surface area contributed by atoms with Crippen molar-refractivity contribution in [2.24, 2.45) is 0 Å². The number of hydrogen-bond donors (Lipinski definition) is 1. The van der Waals surface area contributed by atoms with Crippen molar-refractivity contribution in [3.8, 4) is 0 Å². The molecule has 7 nitrogen and oxygen atoms in total. The molecule has 0 spiro atoms. The van der Waals surface area contributed by atoms with Crippen LogP contribution in [0.15, 0.2) is 54.6 Å². The Morgan fingerprint density at radius 2 is 1.78 bits per heavy atom. The molecule has 8 heteroatoms. The van der Waals surface area contributed by atoms with Crippen molar-refractivity contribution >= 4 is 40.8 Å². The van der Waals surface area contributed by atoms with Crippen LogP contribution in [0.2, 0.25) is 0 Å². The van der Waals surface area contributed by atoms with Crippen LogP contribution in [0.4, 0.5) is 5.69 Å². The van der Waals surface area contributed by atoms with Gasteiger partial charge < -0.3 is 15.0 Å². The fraction of sp³-hybridized carbons (Fsp3) is 0.333. The molecule has 168 valence electrons. The number of aryl methyl sites for hydroxylation is 1. The minimum absolute atomic E-state index is 0.000433. The van der Waals surface area contributed by atoms with Crippen molar-refractivity contribution in [2.75, 3.05) is 25.5 Å². The van der Waals surface area contributed by atoms with E-state index in [-0.39, 0.29) is 18.2 Å². The van der Waals surface area contributed by atoms with Crippen molar-refractivity contribution in [3.63, 3.8) is 0 Å². The summed E-state index contributed by atoms with van der Waals surface area (Å²) in [5.74, 6) is -0.880. The van der Waals surface area contributed by atoms with Crippen molar-refractivity contribution in [1.29, 1.82) is 0 Å². The number of methoxy groups -OCH3 is 1. The zero-order valence-electron chi connectivity index (χ0n) is 18.2. The fourth-order valence-electron chi connectivity index (χ4n) is 3.73. The summed E-state index contributed by atoms with van der Waals surface area (Å²) in [5.41, 5.74) is 2.16. The minimum atomic E-state index is -0.618. The number of ether oxygens (including phenoxy) is 1. The Labute approximate surface area is 193 Å². The second kappa shape index (κ2) is 10.9. The highest BCUT2D eigenvalue weighted by atomic mass is 32.1. The van der Waals surface area contributed by atoms with E-state index >= 15 is 0 Å². The number of esters is 1. The number of anilines is 1. The standard InChI is InChI=1S/C24H27N3O4S/c1-3-26-22(29)20(27(24(26)32)15-7-10-17-8-5-4-6-9-17)16-21(28)25-19-13-11-18(12-14-19)23(30)31-2/h4-6,8-9,11-14,20H,3,7,10,15-16H2,1-2H3,(H,25,28). The Morgan fingerprint density at radius 1 is 1.09 bits per heavy atom. The van der Waals surface area contributed by atoms with E-state index in [9.17, 15) is 14.4 Å². The molecule has 0 aromatic heterocycles. The molecule has 3 rings (SSSR count). The Kier molecular flexibility index (Phi) is 7.94. The summed E-state index contributed by atoms with van der Waals surface area (Å²) in [6.45, 7) is 2.94. The third-order valence-electron chi connectivity index (χ3n) is 5.40. The number of amides is 2. The van der Waals surface area contributed by atoms with E-state index in [1.165, 1.54) is 12.7 Å². The summed E-state index contributed by atoms with van der Waals surface area (Å²) in [5, 5.41) is 3.27. The molecule has 0 radical (unpaired) electrons. The first-order chi connectivity index (χ1) is 15.4. The Hall–Kier alpha value is -3.26. The quantitative estimate of drug-likeness (QED) is 0.464. The van der Waals surface area contributed by atoms with Gasteiger partial charge in [0.25, 0.3) is 5.91 Å². The lowest BCUT2D eigenvalue weighted by molar-refractivity contribution is -0.130. The number of carbonyl (C=O) groups excluding carboxylic acids is 3. The molecule has 0 bridgehead atoms. The van der Waals surface area contributed by atoms with Crippen LogP contribution in [0.3, 0.4) is 0 Å². The van der Waals surface area contributed by atoms with Gasteiger partial charge in [0, 0.05) is 18.8 Å². The van der Waals surface area contributed by atoms with E-state index in [4.69, 9.17) is 12.2 Å². The number of nitrogens with zero attached hydrogens (tertiary/aromatic N) is 2. The minimum Gasteiger partial charge on any atom is -0.465 e. The number of rotatable bonds is 9. The van der Waals surface area contributed by atoms with Gasteiger partial charge in [-0.1, -0.05) is 30.3 Å². The first-order valence-electron chi connectivity index (χ1n) is 10.6. The topological polar surface area (TPSA) is 79.0 Å². The van der Waals surface area contributed by atoms with Crippen LogP contribution in [-0.4, -0.2) is 58.9 Å². The first kappa shape index (κ1) is 23.4. The second-order valence-electron chi connectivity index (χ2n) is 7.48. The van der Waals surface area contributed by atoms with Crippen LogP contribution in [0, 0.1) is 0 Å². The molecule has 0 saturated carbocycles. The van der Waals surface area contributed by atoms with E-state index in [2.05, 4.69) is 22.2 Å². The van der Waals surface area contributed by atoms with Crippen LogP contribution in [0.5, 0.6) is 0 Å². The van der Waals surface area contributed by atoms with Gasteiger partial charge in [0.05, 0.1) is 19.1 Å². The lowest BCUT2D eigenvalue weighted by atomic mass is 10.1. The number of thiocarbonyl (C=S) groups is 1. The normalized spacial score (nSPS) is 15.8. The number of nitrogens with one attached hydrogen (secondary N) is 1. The molecule has 1 fully saturated rings. The zero-order valence-corrected chi connectivity index (χ0v) is 19.1. The average Bonchev–Trinajstić information content (AvgIpc) is 3.03. The summed E-state index contributed by atoms with van der Waals surface area (Å²) < 4.78 is 4.67. The van der Waals surface area contributed by atoms with E-state index in [1.807, 2.05) is 30.0 Å². The molecule has 32 heavy (non-hydrogen) atoms. The van der Waals surface area contributed by atoms with E-state index in [1.54, 1.807) is 29.2 Å². The predicted molar refractivity (Wildman–Crippen MR) is 126 cm³/mol. The van der Waals surface area contributed by atoms with Crippen molar-refractivity contribution in [3.05, 3.63) is 65.7 Å². The maximum absolute atomic E-state index is 12.9. The molecule has 1 N–H and O–H groups in total. The molecule has 0 aliphatic carbocycles. The molecule has 1 saturated heterocycles. The first-order valence-corrected chi connectivity index (χ1v) is 11.0. The Bertz CT molecular complexity index is 978. The molecule has 1 aliphatic heterocycles. The van der Waals surface area contributed by atoms with Gasteiger partial charge in [-0.05, 0) is 61.8 Å². The summed E-state index contributed by atoms with van der Waals surface area (Å²) in [7, 11) is 1.31. The van der Waals surface area contributed by atoms with Gasteiger partial charge >= 0.3 is 5.97 Å². The van der Waals surface area contributed by atoms with Gasteiger partial charge in [-0.15, -0.1) is 0 Å². The lowest BCUT2D eigenvalue weighted by Crippen LogP contribution is -2.38. The highest BCUT2D eigenvalue weighted by Crippen LogP contribution is 2.22. The second-order valence-corrected chi connectivity index (χ2v) is 7.85. The van der Waals surface area contributed by atoms with Crippen LogP contribution in [0.1, 0.15) is 35.7 Å². The van der Waals surface area contributed by atoms with E-state index < -0.39 is 12.0 Å². The Balaban J connectivity index is 1.63. The molecule has 1 unspecified atom stereocenters. The Morgan fingerprint density at radius 3 is 2.41 bits per heavy atom. The molecular weight excluding hydrogens is 426 g/mol. The lowest BCUT2D eigenvalue weighted by Gasteiger charge is -2.23. The van der Waals surface area contributed by atoms with Crippen molar-refractivity contribution in [1.82, 2.24) is 9.80 Å². The molecule has 1 atom stereocenters. The number of likely N-dealkylation sites (N-methyl/N-ethyl adjacent to an activating group) is 1. The third-order valence-corrected chi connectivity index (χ3v) is 5.85. The summed E-state index contributed by atoms with van der Waals surface area (Å²) >= 11 is 5.53. The van der Waals surface area contributed by atoms with Crippen molar-refractivity contribution in [2.45, 2.75) is 32.2 Å². The smallest absolute Gasteiger partial charge is 0.337 e. The van der Waals surface area contributed by atoms with Gasteiger partial charge in [0.1, 0.15) is 6.04 Å². The van der Waals surface area contributed by atoms with E-state index in [0.29, 0.717) is 29.5 Å². The van der Waals surface area contributed by atoms with Crippen LogP contribution >= 0.6 is 12.2 Å². The average molecular weight is 454 g/mol.